The molecule has 0 fully saturated rings. The molecule has 141 heavy (non-hydrogen) atoms. The van der Waals surface area contributed by atoms with E-state index in [1.165, 1.54) is 39.2 Å². The van der Waals surface area contributed by atoms with Crippen LogP contribution in [0.5, 0.6) is 0 Å². The molecule has 0 spiro atoms. The third-order valence-corrected chi connectivity index (χ3v) is 30.8. The van der Waals surface area contributed by atoms with Crippen LogP contribution in [0.4, 0.5) is 29.5 Å². The summed E-state index contributed by atoms with van der Waals surface area (Å²) in [5.74, 6) is 1.84. The first-order chi connectivity index (χ1) is 67.0. The molecule has 2 unspecified atom stereocenters. The van der Waals surface area contributed by atoms with E-state index in [9.17, 15) is 66.2 Å². The number of ether oxygens (including phenoxy) is 5. The Kier molecular flexibility index (Phi) is 50.7. The second-order valence-corrected chi connectivity index (χ2v) is 46.6. The minimum absolute atomic E-state index is 0.000773. The largest absolute Gasteiger partial charge is 0.371 e. The van der Waals surface area contributed by atoms with Crippen molar-refractivity contribution in [3.63, 3.8) is 0 Å². The maximum atomic E-state index is 13.7. The number of nitrogen functional groups attached to an aromatic ring is 4. The predicted molar refractivity (Wildman–Crippen MR) is 544 cm³/mol. The van der Waals surface area contributed by atoms with Gasteiger partial charge in [0.2, 0.25) is 23.8 Å². The van der Waals surface area contributed by atoms with E-state index in [4.69, 9.17) is 89.4 Å². The quantitative estimate of drug-likeness (QED) is 0.00997. The van der Waals surface area contributed by atoms with Gasteiger partial charge in [0.25, 0.3) is 22.2 Å². The third kappa shape index (κ3) is 42.7. The molecule has 0 radical (unpaired) electrons. The van der Waals surface area contributed by atoms with Gasteiger partial charge in [0.05, 0.1) is 124 Å². The molecule has 0 aliphatic carbocycles. The molecular formula is C83H119N21O27P4S6. The lowest BCUT2D eigenvalue weighted by molar-refractivity contribution is -0.118. The molecule has 2 atom stereocenters. The van der Waals surface area contributed by atoms with Gasteiger partial charge in [0.15, 0.2) is 81.0 Å². The van der Waals surface area contributed by atoms with Crippen molar-refractivity contribution in [2.75, 3.05) is 156 Å². The first-order valence-electron chi connectivity index (χ1n) is 43.7. The van der Waals surface area contributed by atoms with E-state index in [0.29, 0.717) is 88.7 Å². The fourth-order valence-corrected chi connectivity index (χ4v) is 20.8. The van der Waals surface area contributed by atoms with Gasteiger partial charge in [-0.2, -0.15) is 19.9 Å². The van der Waals surface area contributed by atoms with Crippen LogP contribution in [0.3, 0.4) is 0 Å². The average Bonchev–Trinajstić information content (AvgIpc) is 1.67. The Morgan fingerprint density at radius 1 is 0.404 bits per heavy atom. The highest BCUT2D eigenvalue weighted by molar-refractivity contribution is 8.15. The van der Waals surface area contributed by atoms with Gasteiger partial charge in [0, 0.05) is 98.2 Å². The van der Waals surface area contributed by atoms with Crippen LogP contribution in [0.15, 0.2) is 99.1 Å². The molecular weight excluding hydrogens is 2040 g/mol. The molecule has 0 bridgehead atoms. The highest BCUT2D eigenvalue weighted by Crippen LogP contribution is 2.52. The molecule has 0 saturated heterocycles. The van der Waals surface area contributed by atoms with Gasteiger partial charge >= 0.3 is 30.4 Å². The number of nitrogens with zero attached hydrogens (tertiary/aromatic N) is 13. The minimum atomic E-state index is -3.71. The van der Waals surface area contributed by atoms with Crippen LogP contribution in [0.1, 0.15) is 107 Å². The normalized spacial score (nSPS) is 12.6. The first kappa shape index (κ1) is 119. The lowest BCUT2D eigenvalue weighted by Gasteiger charge is -2.22. The Hall–Kier alpha value is -8.95. The fourth-order valence-electron chi connectivity index (χ4n) is 11.1. The lowest BCUT2D eigenvalue weighted by atomic mass is 9.99. The maximum absolute atomic E-state index is 13.7. The summed E-state index contributed by atoms with van der Waals surface area (Å²) >= 11 is 6.50. The molecule has 2 aromatic carbocycles. The summed E-state index contributed by atoms with van der Waals surface area (Å²) in [6.07, 6.45) is 5.67. The van der Waals surface area contributed by atoms with Gasteiger partial charge in [-0.1, -0.05) is 187 Å². The number of imidazole rings is 4. The molecule has 0 aliphatic rings. The minimum Gasteiger partial charge on any atom is -0.371 e. The molecule has 774 valence electrons. The number of aromatic amines is 4. The highest BCUT2D eigenvalue weighted by atomic mass is 32.2. The molecule has 10 rings (SSSR count). The van der Waals surface area contributed by atoms with E-state index in [1.54, 1.807) is 56.4 Å². The van der Waals surface area contributed by atoms with Crippen molar-refractivity contribution < 1.29 is 107 Å². The van der Waals surface area contributed by atoms with E-state index in [1.807, 2.05) is 78.8 Å². The third-order valence-electron chi connectivity index (χ3n) is 18.2. The van der Waals surface area contributed by atoms with E-state index >= 15 is 0 Å². The van der Waals surface area contributed by atoms with Gasteiger partial charge in [-0.05, 0) is 17.5 Å². The van der Waals surface area contributed by atoms with E-state index in [-0.39, 0.29) is 214 Å². The number of hydrogen-bond donors (Lipinski definition) is 8. The Morgan fingerprint density at radius 2 is 0.695 bits per heavy atom. The number of rotatable bonds is 56. The number of hydrogen-bond acceptors (Lipinski definition) is 45. The topological polar surface area (TPSA) is 653 Å². The zero-order chi connectivity index (χ0) is 103. The number of anilines is 4. The van der Waals surface area contributed by atoms with Crippen LogP contribution in [0.2, 0.25) is 0 Å². The van der Waals surface area contributed by atoms with E-state index < -0.39 is 63.5 Å². The SMILES string of the molecule is CC(=O)SCCOP(=O)(COCCn1cnc2c(=O)[nH]c(N)nc21)OCCSC(C)=O.CC(C)(C)C(=O)SCCOP(=O)(COCCn1cnc2c(=O)[nH]c(N)nc21)OCCSC(=O)C(C)(C)C.CCC(=O)SCCOP(=O)(COCCn1cnc2c(=O)[nH]c(N)nc21)OCCSC(=O)CC.[C-]#[N+]c1ccc(COP(=O)(COCCn2cnc3c(=O)[nH]c(N)nc32)OCC(CC)OCc2ccccc2)cc1. The Bertz CT molecular complexity index is 6160. The molecule has 12 N–H and O–H groups in total. The molecule has 8 aromatic heterocycles. The van der Waals surface area contributed by atoms with Crippen molar-refractivity contribution in [2.45, 2.75) is 141 Å². The van der Waals surface area contributed by atoms with E-state index in [2.05, 4.69) is 64.7 Å². The number of thioether (sulfide) groups is 6. The maximum Gasteiger partial charge on any atom is 0.356 e. The monoisotopic (exact) mass is 2160 g/mol. The summed E-state index contributed by atoms with van der Waals surface area (Å²) in [7, 11) is -14.6. The number of fused-ring (bicyclic) bond motifs is 4. The van der Waals surface area contributed by atoms with E-state index in [0.717, 1.165) is 81.7 Å². The predicted octanol–water partition coefficient (Wildman–Crippen LogP) is 11.9. The summed E-state index contributed by atoms with van der Waals surface area (Å²) in [6, 6.07) is 16.6. The smallest absolute Gasteiger partial charge is 0.356 e. The zero-order valence-corrected chi connectivity index (χ0v) is 88.2. The van der Waals surface area contributed by atoms with Crippen molar-refractivity contribution in [1.29, 1.82) is 0 Å². The Balaban J connectivity index is 0.000000257. The lowest BCUT2D eigenvalue weighted by Crippen LogP contribution is -2.19. The standard InChI is InChI=1S/C27H31N6O6P.C22H36N5O7PS2.C18H28N5O7PS2.C16H24N5O7PS2/c1-3-23(37-15-20-7-5-4-6-8-20)17-39-40(35,38-16-21-9-11-22(29-2)12-10-21)19-36-14-13-33-18-30-24-25(33)31-27(28)32-26(24)34;1-21(2,3)18(29)36-11-9-33-35(31,34-10-12-37-19(30)22(4,5)6)14-32-8-7-27-13-24-15-16(27)25-20(23)26-17(15)28;1-3-13(24)32-9-7-29-31(27,30-8-10-33-14(25)4-2)12-28-6-5-23-11-20-15-16(23)21-18(19)22-17(15)26;1-11(22)30-7-5-27-29(25,28-6-8-31-12(2)23)10-26-4-3-21-9-18-13-14(21)19-16(17)20-15(13)24/h4-12,18,23H,3,13-17,19H2,1H3,(H3,28,31,32,34);13H,7-12,14H2,1-6H3,(H3,23,25,26,28);11H,3-10,12H2,1-2H3,(H3,19,21,22,26);9H,3-8,10H2,1-2H3,(H3,17,19,20,24). The van der Waals surface area contributed by atoms with Crippen molar-refractivity contribution in [3.05, 3.63) is 144 Å². The van der Waals surface area contributed by atoms with Gasteiger partial charge < -0.3 is 101 Å². The summed E-state index contributed by atoms with van der Waals surface area (Å²) in [5, 5.41) is -0.119. The molecule has 48 nitrogen and oxygen atoms in total. The van der Waals surface area contributed by atoms with Crippen LogP contribution in [0.25, 0.3) is 49.5 Å². The number of aromatic nitrogens is 16. The van der Waals surface area contributed by atoms with Gasteiger partial charge in [-0.25, -0.2) is 24.8 Å². The van der Waals surface area contributed by atoms with Crippen LogP contribution < -0.4 is 45.2 Å². The van der Waals surface area contributed by atoms with Gasteiger partial charge in [0.1, 0.15) is 25.4 Å². The number of nitrogens with two attached hydrogens (primary N) is 4. The molecule has 58 heteroatoms. The second kappa shape index (κ2) is 60.1. The van der Waals surface area contributed by atoms with Gasteiger partial charge in [-0.15, -0.1) is 0 Å². The zero-order valence-electron chi connectivity index (χ0n) is 79.7. The molecule has 10 aromatic rings. The van der Waals surface area contributed by atoms with Crippen LogP contribution in [-0.4, -0.2) is 247 Å². The molecule has 0 amide bonds. The highest BCUT2D eigenvalue weighted by Gasteiger charge is 2.33. The van der Waals surface area contributed by atoms with Crippen LogP contribution >= 0.6 is 101 Å². The number of carbonyl (C=O) groups is 6. The average molecular weight is 2160 g/mol. The van der Waals surface area contributed by atoms with Crippen molar-refractivity contribution >= 4 is 206 Å². The summed E-state index contributed by atoms with van der Waals surface area (Å²) in [6.45, 7) is 28.6. The summed E-state index contributed by atoms with van der Waals surface area (Å²) < 4.78 is 132. The number of H-pyrrole nitrogens is 4. The summed E-state index contributed by atoms with van der Waals surface area (Å²) in [4.78, 5) is 162. The fraction of sp³-hybridized carbons (Fsp3) is 0.530. The van der Waals surface area contributed by atoms with Crippen LogP contribution in [0, 0.1) is 17.4 Å². The van der Waals surface area contributed by atoms with Crippen LogP contribution in [-0.2, 0) is 146 Å². The molecule has 0 saturated carbocycles. The number of benzene rings is 2. The second-order valence-electron chi connectivity index (χ2n) is 31.6. The Morgan fingerprint density at radius 3 is 0.979 bits per heavy atom. The summed E-state index contributed by atoms with van der Waals surface area (Å²) in [5.41, 5.74) is 23.8. The van der Waals surface area contributed by atoms with Gasteiger partial charge in [-0.3, -0.25) is 86.1 Å². The van der Waals surface area contributed by atoms with Crippen molar-refractivity contribution in [3.8, 4) is 0 Å². The number of nitrogens with one attached hydrogen (secondary N) is 4. The first-order valence-corrected chi connectivity index (χ1v) is 56.5. The molecule has 8 heterocycles. The number of carbonyl (C=O) groups excluding carboxylic acids is 6. The van der Waals surface area contributed by atoms with Crippen molar-refractivity contribution in [1.82, 2.24) is 78.1 Å². The van der Waals surface area contributed by atoms with Crippen molar-refractivity contribution in [2.24, 2.45) is 10.8 Å². The Labute approximate surface area is 836 Å². The molecule has 0 aliphatic heterocycles.